The number of pyridine rings is 1. The molecule has 0 aliphatic carbocycles. The number of hydrogen-bond acceptors (Lipinski definition) is 2. The van der Waals surface area contributed by atoms with E-state index in [0.29, 0.717) is 0 Å². The van der Waals surface area contributed by atoms with Crippen molar-refractivity contribution in [2.75, 3.05) is 0 Å². The lowest BCUT2D eigenvalue weighted by molar-refractivity contribution is 0.838. The first-order valence-corrected chi connectivity index (χ1v) is 6.04. The van der Waals surface area contributed by atoms with Gasteiger partial charge in [0.25, 0.3) is 0 Å². The van der Waals surface area contributed by atoms with Crippen LogP contribution in [0.4, 0.5) is 0 Å². The SMILES string of the molecule is Cc1nc(CCc2ccncc2)c(Br)n1C. The summed E-state index contributed by atoms with van der Waals surface area (Å²) in [5.74, 6) is 1.04. The van der Waals surface area contributed by atoms with E-state index in [1.165, 1.54) is 5.56 Å². The summed E-state index contributed by atoms with van der Waals surface area (Å²) in [5.41, 5.74) is 2.42. The van der Waals surface area contributed by atoms with Crippen LogP contribution in [0.25, 0.3) is 0 Å². The van der Waals surface area contributed by atoms with Crippen LogP contribution in [-0.2, 0) is 19.9 Å². The van der Waals surface area contributed by atoms with Crippen LogP contribution >= 0.6 is 15.9 Å². The quantitative estimate of drug-likeness (QED) is 0.865. The van der Waals surface area contributed by atoms with E-state index in [1.807, 2.05) is 38.5 Å². The smallest absolute Gasteiger partial charge is 0.108 e. The van der Waals surface area contributed by atoms with Crippen molar-refractivity contribution >= 4 is 15.9 Å². The van der Waals surface area contributed by atoms with Gasteiger partial charge in [-0.3, -0.25) is 4.98 Å². The number of aromatic nitrogens is 3. The second-order valence-corrected chi connectivity index (χ2v) is 4.56. The Kier molecular flexibility index (Phi) is 3.39. The lowest BCUT2D eigenvalue weighted by atomic mass is 10.1. The highest BCUT2D eigenvalue weighted by Gasteiger charge is 2.08. The minimum Gasteiger partial charge on any atom is -0.326 e. The van der Waals surface area contributed by atoms with Gasteiger partial charge in [-0.05, 0) is 53.4 Å². The van der Waals surface area contributed by atoms with E-state index in [9.17, 15) is 0 Å². The molecule has 3 nitrogen and oxygen atoms in total. The molecule has 84 valence electrons. The Balaban J connectivity index is 2.08. The standard InChI is InChI=1S/C12H14BrN3/c1-9-15-11(12(13)16(9)2)4-3-10-5-7-14-8-6-10/h5-8H,3-4H2,1-2H3. The van der Waals surface area contributed by atoms with Gasteiger partial charge in [-0.1, -0.05) is 0 Å². The normalized spacial score (nSPS) is 10.7. The van der Waals surface area contributed by atoms with Gasteiger partial charge < -0.3 is 4.57 Å². The summed E-state index contributed by atoms with van der Waals surface area (Å²) in [6, 6.07) is 4.09. The van der Waals surface area contributed by atoms with E-state index in [0.717, 1.165) is 29.0 Å². The van der Waals surface area contributed by atoms with Gasteiger partial charge in [0.15, 0.2) is 0 Å². The fourth-order valence-electron chi connectivity index (χ4n) is 1.62. The largest absolute Gasteiger partial charge is 0.326 e. The van der Waals surface area contributed by atoms with Gasteiger partial charge in [0.2, 0.25) is 0 Å². The number of nitrogens with zero attached hydrogens (tertiary/aromatic N) is 3. The Hall–Kier alpha value is -1.16. The van der Waals surface area contributed by atoms with Crippen molar-refractivity contribution in [1.82, 2.24) is 14.5 Å². The molecule has 0 aliphatic heterocycles. The molecule has 0 spiro atoms. The van der Waals surface area contributed by atoms with E-state index in [2.05, 4.69) is 30.5 Å². The molecule has 0 bridgehead atoms. The zero-order valence-electron chi connectivity index (χ0n) is 9.44. The number of rotatable bonds is 3. The van der Waals surface area contributed by atoms with Gasteiger partial charge in [0.05, 0.1) is 5.69 Å². The van der Waals surface area contributed by atoms with Crippen molar-refractivity contribution in [1.29, 1.82) is 0 Å². The predicted molar refractivity (Wildman–Crippen MR) is 67.3 cm³/mol. The molecule has 0 fully saturated rings. The lowest BCUT2D eigenvalue weighted by Gasteiger charge is -1.99. The van der Waals surface area contributed by atoms with Crippen molar-refractivity contribution in [3.05, 3.63) is 46.2 Å². The van der Waals surface area contributed by atoms with Gasteiger partial charge in [0.1, 0.15) is 10.4 Å². The topological polar surface area (TPSA) is 30.7 Å². The Bertz CT molecular complexity index is 477. The average Bonchev–Trinajstić information content (AvgIpc) is 2.56. The highest BCUT2D eigenvalue weighted by Crippen LogP contribution is 2.18. The highest BCUT2D eigenvalue weighted by atomic mass is 79.9. The zero-order valence-corrected chi connectivity index (χ0v) is 11.0. The summed E-state index contributed by atoms with van der Waals surface area (Å²) >= 11 is 3.56. The molecule has 16 heavy (non-hydrogen) atoms. The van der Waals surface area contributed by atoms with Crippen LogP contribution in [0.5, 0.6) is 0 Å². The summed E-state index contributed by atoms with van der Waals surface area (Å²) in [6.45, 7) is 2.01. The van der Waals surface area contributed by atoms with Gasteiger partial charge in [-0.2, -0.15) is 0 Å². The van der Waals surface area contributed by atoms with E-state index < -0.39 is 0 Å². The third-order valence-electron chi connectivity index (χ3n) is 2.71. The number of halogens is 1. The molecular formula is C12H14BrN3. The van der Waals surface area contributed by atoms with Crippen molar-refractivity contribution in [2.45, 2.75) is 19.8 Å². The predicted octanol–water partition coefficient (Wildman–Crippen LogP) is 2.67. The summed E-state index contributed by atoms with van der Waals surface area (Å²) < 4.78 is 3.14. The van der Waals surface area contributed by atoms with Crippen LogP contribution in [0.2, 0.25) is 0 Å². The van der Waals surface area contributed by atoms with E-state index in [-0.39, 0.29) is 0 Å². The van der Waals surface area contributed by atoms with Crippen molar-refractivity contribution < 1.29 is 0 Å². The Labute approximate surface area is 104 Å². The van der Waals surface area contributed by atoms with E-state index in [1.54, 1.807) is 0 Å². The zero-order chi connectivity index (χ0) is 11.5. The van der Waals surface area contributed by atoms with Crippen molar-refractivity contribution in [3.63, 3.8) is 0 Å². The Morgan fingerprint density at radius 2 is 1.94 bits per heavy atom. The highest BCUT2D eigenvalue weighted by molar-refractivity contribution is 9.10. The summed E-state index contributed by atoms with van der Waals surface area (Å²) in [7, 11) is 2.02. The summed E-state index contributed by atoms with van der Waals surface area (Å²) in [5, 5.41) is 0. The van der Waals surface area contributed by atoms with Crippen LogP contribution in [0.15, 0.2) is 29.1 Å². The lowest BCUT2D eigenvalue weighted by Crippen LogP contribution is -1.93. The third-order valence-corrected chi connectivity index (χ3v) is 3.70. The number of aryl methyl sites for hydroxylation is 3. The first-order valence-electron chi connectivity index (χ1n) is 5.25. The van der Waals surface area contributed by atoms with E-state index in [4.69, 9.17) is 0 Å². The maximum atomic E-state index is 4.53. The third kappa shape index (κ3) is 2.32. The van der Waals surface area contributed by atoms with Gasteiger partial charge in [-0.15, -0.1) is 0 Å². The van der Waals surface area contributed by atoms with Crippen LogP contribution in [-0.4, -0.2) is 14.5 Å². The molecule has 0 saturated carbocycles. The fourth-order valence-corrected chi connectivity index (χ4v) is 2.17. The maximum absolute atomic E-state index is 4.53. The van der Waals surface area contributed by atoms with Crippen LogP contribution in [0.1, 0.15) is 17.1 Å². The minimum absolute atomic E-state index is 0.951. The molecule has 0 saturated heterocycles. The molecule has 0 N–H and O–H groups in total. The molecule has 0 aliphatic rings. The van der Waals surface area contributed by atoms with Crippen LogP contribution in [0.3, 0.4) is 0 Å². The van der Waals surface area contributed by atoms with Crippen LogP contribution < -0.4 is 0 Å². The van der Waals surface area contributed by atoms with E-state index >= 15 is 0 Å². The molecule has 2 aromatic rings. The number of hydrogen-bond donors (Lipinski definition) is 0. The second kappa shape index (κ2) is 4.78. The first-order chi connectivity index (χ1) is 7.68. The molecule has 2 heterocycles. The molecule has 0 atom stereocenters. The monoisotopic (exact) mass is 279 g/mol. The van der Waals surface area contributed by atoms with Gasteiger partial charge in [0, 0.05) is 19.4 Å². The molecule has 0 radical (unpaired) electrons. The summed E-state index contributed by atoms with van der Waals surface area (Å²) in [4.78, 5) is 8.53. The van der Waals surface area contributed by atoms with Crippen molar-refractivity contribution in [3.8, 4) is 0 Å². The molecule has 2 aromatic heterocycles. The molecular weight excluding hydrogens is 266 g/mol. The average molecular weight is 280 g/mol. The number of imidazole rings is 1. The second-order valence-electron chi connectivity index (χ2n) is 3.81. The molecule has 2 rings (SSSR count). The van der Waals surface area contributed by atoms with Crippen molar-refractivity contribution in [2.24, 2.45) is 7.05 Å². The minimum atomic E-state index is 0.951. The molecule has 4 heteroatoms. The first kappa shape index (κ1) is 11.3. The maximum Gasteiger partial charge on any atom is 0.108 e. The van der Waals surface area contributed by atoms with Crippen LogP contribution in [0, 0.1) is 6.92 Å². The van der Waals surface area contributed by atoms with Gasteiger partial charge >= 0.3 is 0 Å². The Morgan fingerprint density at radius 3 is 2.50 bits per heavy atom. The molecule has 0 aromatic carbocycles. The molecule has 0 amide bonds. The molecule has 0 unspecified atom stereocenters. The Morgan fingerprint density at radius 1 is 1.25 bits per heavy atom. The fraction of sp³-hybridized carbons (Fsp3) is 0.333. The summed E-state index contributed by atoms with van der Waals surface area (Å²) in [6.07, 6.45) is 5.60. The van der Waals surface area contributed by atoms with Gasteiger partial charge in [-0.25, -0.2) is 4.98 Å².